The molecule has 29 heavy (non-hydrogen) atoms. The van der Waals surface area contributed by atoms with Crippen LogP contribution in [-0.4, -0.2) is 19.5 Å². The number of benzene rings is 1. The first kappa shape index (κ1) is 19.2. The maximum absolute atomic E-state index is 12.8. The van der Waals surface area contributed by atoms with E-state index in [4.69, 9.17) is 11.6 Å². The quantitative estimate of drug-likeness (QED) is 0.522. The summed E-state index contributed by atoms with van der Waals surface area (Å²) < 4.78 is 40.1. The number of alkyl halides is 3. The van der Waals surface area contributed by atoms with E-state index in [1.165, 1.54) is 12.5 Å². The van der Waals surface area contributed by atoms with Gasteiger partial charge in [0.2, 0.25) is 0 Å². The van der Waals surface area contributed by atoms with Gasteiger partial charge in [-0.05, 0) is 24.1 Å². The highest BCUT2D eigenvalue weighted by Gasteiger charge is 2.31. The second-order valence-corrected chi connectivity index (χ2v) is 6.90. The van der Waals surface area contributed by atoms with Crippen molar-refractivity contribution in [1.82, 2.24) is 19.5 Å². The van der Waals surface area contributed by atoms with Gasteiger partial charge in [-0.15, -0.1) is 0 Å². The highest BCUT2D eigenvalue weighted by Crippen LogP contribution is 2.33. The van der Waals surface area contributed by atoms with Gasteiger partial charge in [0.05, 0.1) is 28.2 Å². The van der Waals surface area contributed by atoms with Crippen molar-refractivity contribution in [3.05, 3.63) is 81.8 Å². The van der Waals surface area contributed by atoms with E-state index in [1.54, 1.807) is 4.57 Å². The number of rotatable bonds is 4. The molecular formula is C20H14ClF3N4O. The van der Waals surface area contributed by atoms with Crippen LogP contribution >= 0.6 is 11.6 Å². The third-order valence-corrected chi connectivity index (χ3v) is 4.87. The Hall–Kier alpha value is -3.13. The first-order valence-electron chi connectivity index (χ1n) is 8.67. The molecule has 4 rings (SSSR count). The summed E-state index contributed by atoms with van der Waals surface area (Å²) >= 11 is 5.98. The molecule has 4 aromatic rings. The third kappa shape index (κ3) is 3.88. The van der Waals surface area contributed by atoms with Crippen LogP contribution in [0.25, 0.3) is 22.2 Å². The number of pyridine rings is 1. The Morgan fingerprint density at radius 3 is 2.72 bits per heavy atom. The summed E-state index contributed by atoms with van der Waals surface area (Å²) in [5.41, 5.74) is 0.564. The summed E-state index contributed by atoms with van der Waals surface area (Å²) in [7, 11) is 0. The summed E-state index contributed by atoms with van der Waals surface area (Å²) in [5, 5.41) is 0.849. The Morgan fingerprint density at radius 1 is 1.17 bits per heavy atom. The number of hydrogen-bond acceptors (Lipinski definition) is 3. The van der Waals surface area contributed by atoms with Crippen LogP contribution in [0.4, 0.5) is 13.2 Å². The van der Waals surface area contributed by atoms with E-state index >= 15 is 0 Å². The first-order valence-corrected chi connectivity index (χ1v) is 9.05. The van der Waals surface area contributed by atoms with Gasteiger partial charge in [0.25, 0.3) is 5.56 Å². The lowest BCUT2D eigenvalue weighted by Crippen LogP contribution is -2.15. The fraction of sp³-hybridized carbons (Fsp3) is 0.150. The lowest BCUT2D eigenvalue weighted by Gasteiger charge is -2.10. The van der Waals surface area contributed by atoms with Crippen molar-refractivity contribution in [2.24, 2.45) is 0 Å². The van der Waals surface area contributed by atoms with Gasteiger partial charge in [0.15, 0.2) is 0 Å². The van der Waals surface area contributed by atoms with E-state index in [2.05, 4.69) is 15.0 Å². The normalized spacial score (nSPS) is 11.9. The van der Waals surface area contributed by atoms with Crippen molar-refractivity contribution >= 4 is 22.5 Å². The average molecular weight is 419 g/mol. The molecule has 5 nitrogen and oxygen atoms in total. The maximum atomic E-state index is 12.8. The van der Waals surface area contributed by atoms with E-state index in [-0.39, 0.29) is 16.3 Å². The molecule has 0 aliphatic rings. The van der Waals surface area contributed by atoms with Crippen LogP contribution in [0, 0.1) is 0 Å². The molecule has 0 bridgehead atoms. The summed E-state index contributed by atoms with van der Waals surface area (Å²) in [5.74, 6) is 0. The lowest BCUT2D eigenvalue weighted by molar-refractivity contribution is -0.137. The lowest BCUT2D eigenvalue weighted by atomic mass is 10.1. The standard InChI is InChI=1S/C20H14ClF3N4O/c21-16-7-13(20(22,23)24)9-26-18(16)15-10-28(11-27-19(15)29)6-5-12-8-25-17-4-2-1-3-14(12)17/h1-4,7-11,25H,5-6H2. The topological polar surface area (TPSA) is 63.6 Å². The Labute approximate surface area is 167 Å². The number of aromatic nitrogens is 4. The van der Waals surface area contributed by atoms with Crippen LogP contribution in [0.5, 0.6) is 0 Å². The summed E-state index contributed by atoms with van der Waals surface area (Å²) in [4.78, 5) is 22.9. The molecule has 0 saturated carbocycles. The van der Waals surface area contributed by atoms with Gasteiger partial charge in [0.1, 0.15) is 0 Å². The highest BCUT2D eigenvalue weighted by atomic mass is 35.5. The second-order valence-electron chi connectivity index (χ2n) is 6.49. The van der Waals surface area contributed by atoms with Crippen molar-refractivity contribution in [1.29, 1.82) is 0 Å². The van der Waals surface area contributed by atoms with E-state index in [1.807, 2.05) is 30.5 Å². The van der Waals surface area contributed by atoms with E-state index in [0.717, 1.165) is 22.5 Å². The smallest absolute Gasteiger partial charge is 0.361 e. The highest BCUT2D eigenvalue weighted by molar-refractivity contribution is 6.33. The van der Waals surface area contributed by atoms with Gasteiger partial charge in [-0.3, -0.25) is 9.78 Å². The fourth-order valence-electron chi connectivity index (χ4n) is 3.11. The fourth-order valence-corrected chi connectivity index (χ4v) is 3.38. The van der Waals surface area contributed by atoms with Crippen molar-refractivity contribution in [2.45, 2.75) is 19.1 Å². The van der Waals surface area contributed by atoms with Gasteiger partial charge in [-0.2, -0.15) is 18.2 Å². The molecule has 0 radical (unpaired) electrons. The summed E-state index contributed by atoms with van der Waals surface area (Å²) in [6, 6.07) is 8.66. The van der Waals surface area contributed by atoms with Gasteiger partial charge in [-0.1, -0.05) is 29.8 Å². The monoisotopic (exact) mass is 418 g/mol. The Balaban J connectivity index is 1.62. The number of nitrogens with one attached hydrogen (secondary N) is 1. The Bertz CT molecular complexity index is 1250. The molecule has 0 aliphatic carbocycles. The SMILES string of the molecule is O=c1ncn(CCc2c[nH]c3ccccc23)cc1-c1ncc(C(F)(F)F)cc1Cl. The summed E-state index contributed by atoms with van der Waals surface area (Å²) in [6.07, 6.45) is 1.58. The van der Waals surface area contributed by atoms with Gasteiger partial charge < -0.3 is 9.55 Å². The minimum absolute atomic E-state index is 0.0291. The van der Waals surface area contributed by atoms with Crippen LogP contribution in [0.15, 0.2) is 60.0 Å². The average Bonchev–Trinajstić information content (AvgIpc) is 3.10. The molecule has 0 saturated heterocycles. The predicted molar refractivity (Wildman–Crippen MR) is 104 cm³/mol. The Morgan fingerprint density at radius 2 is 1.97 bits per heavy atom. The molecule has 1 N–H and O–H groups in total. The molecule has 0 aliphatic heterocycles. The van der Waals surface area contributed by atoms with E-state index in [9.17, 15) is 18.0 Å². The molecule has 0 unspecified atom stereocenters. The number of aryl methyl sites for hydroxylation is 2. The van der Waals surface area contributed by atoms with Crippen LogP contribution in [0.3, 0.4) is 0 Å². The van der Waals surface area contributed by atoms with Crippen LogP contribution < -0.4 is 5.56 Å². The molecule has 148 valence electrons. The predicted octanol–water partition coefficient (Wildman–Crippen LogP) is 4.70. The number of fused-ring (bicyclic) bond motifs is 1. The molecule has 0 spiro atoms. The number of H-pyrrole nitrogens is 1. The number of hydrogen-bond donors (Lipinski definition) is 1. The van der Waals surface area contributed by atoms with Gasteiger partial charge >= 0.3 is 6.18 Å². The first-order chi connectivity index (χ1) is 13.8. The summed E-state index contributed by atoms with van der Waals surface area (Å²) in [6.45, 7) is 0.514. The van der Waals surface area contributed by atoms with Gasteiger partial charge in [-0.25, -0.2) is 0 Å². The van der Waals surface area contributed by atoms with Crippen LogP contribution in [-0.2, 0) is 19.1 Å². The van der Waals surface area contributed by atoms with Crippen LogP contribution in [0.2, 0.25) is 5.02 Å². The van der Waals surface area contributed by atoms with Crippen molar-refractivity contribution < 1.29 is 13.2 Å². The number of aromatic amines is 1. The van der Waals surface area contributed by atoms with Crippen molar-refractivity contribution in [2.75, 3.05) is 0 Å². The minimum Gasteiger partial charge on any atom is -0.361 e. The van der Waals surface area contributed by atoms with Crippen LogP contribution in [0.1, 0.15) is 11.1 Å². The van der Waals surface area contributed by atoms with Gasteiger partial charge in [0, 0.05) is 36.0 Å². The van der Waals surface area contributed by atoms with E-state index < -0.39 is 17.3 Å². The molecule has 3 aromatic heterocycles. The third-order valence-electron chi connectivity index (χ3n) is 4.59. The molecule has 0 amide bonds. The van der Waals surface area contributed by atoms with Crippen molar-refractivity contribution in [3.8, 4) is 11.3 Å². The zero-order valence-electron chi connectivity index (χ0n) is 14.9. The molecule has 3 heterocycles. The van der Waals surface area contributed by atoms with Crippen molar-refractivity contribution in [3.63, 3.8) is 0 Å². The molecule has 1 aromatic carbocycles. The van der Waals surface area contributed by atoms with E-state index in [0.29, 0.717) is 19.2 Å². The minimum atomic E-state index is -4.57. The number of nitrogens with zero attached hydrogens (tertiary/aromatic N) is 3. The molecular weight excluding hydrogens is 405 g/mol. The molecule has 9 heteroatoms. The second kappa shape index (κ2) is 7.36. The largest absolute Gasteiger partial charge is 0.417 e. The zero-order valence-corrected chi connectivity index (χ0v) is 15.6. The number of para-hydroxylation sites is 1. The Kier molecular flexibility index (Phi) is 4.87. The molecule has 0 atom stereocenters. The maximum Gasteiger partial charge on any atom is 0.417 e. The molecule has 0 fully saturated rings. The number of halogens is 4. The zero-order chi connectivity index (χ0) is 20.6.